The van der Waals surface area contributed by atoms with Crippen molar-refractivity contribution in [3.05, 3.63) is 34.3 Å². The van der Waals surface area contributed by atoms with Gasteiger partial charge in [-0.25, -0.2) is 0 Å². The van der Waals surface area contributed by atoms with Gasteiger partial charge in [0.1, 0.15) is 0 Å². The summed E-state index contributed by atoms with van der Waals surface area (Å²) in [5.41, 5.74) is 1.39. The van der Waals surface area contributed by atoms with Gasteiger partial charge in [-0.1, -0.05) is 47.8 Å². The third-order valence-corrected chi connectivity index (χ3v) is 5.17. The lowest BCUT2D eigenvalue weighted by atomic mass is 9.96. The van der Waals surface area contributed by atoms with Crippen LogP contribution in [0.25, 0.3) is 0 Å². The molecule has 2 rings (SSSR count). The van der Waals surface area contributed by atoms with Crippen LogP contribution in [0.1, 0.15) is 57.1 Å². The quantitative estimate of drug-likeness (QED) is 0.761. The van der Waals surface area contributed by atoms with Crippen LogP contribution >= 0.6 is 15.9 Å². The Hall–Kier alpha value is -0.380. The van der Waals surface area contributed by atoms with E-state index < -0.39 is 0 Å². The number of rotatable bonds is 7. The Morgan fingerprint density at radius 1 is 1.38 bits per heavy atom. The van der Waals surface area contributed by atoms with Gasteiger partial charge in [-0.05, 0) is 57.0 Å². The molecule has 1 saturated heterocycles. The van der Waals surface area contributed by atoms with Crippen molar-refractivity contribution in [2.24, 2.45) is 0 Å². The van der Waals surface area contributed by atoms with E-state index in [0.717, 1.165) is 6.04 Å². The van der Waals surface area contributed by atoms with Gasteiger partial charge in [0.2, 0.25) is 0 Å². The molecule has 1 heterocycles. The molecule has 0 bridgehead atoms. The summed E-state index contributed by atoms with van der Waals surface area (Å²) in [6.07, 6.45) is 8.05. The zero-order chi connectivity index (χ0) is 15.1. The van der Waals surface area contributed by atoms with Crippen molar-refractivity contribution in [1.29, 1.82) is 0 Å². The van der Waals surface area contributed by atoms with Crippen LogP contribution in [0.5, 0.6) is 0 Å². The van der Waals surface area contributed by atoms with Crippen molar-refractivity contribution in [3.8, 4) is 0 Å². The van der Waals surface area contributed by atoms with Gasteiger partial charge in [0.25, 0.3) is 0 Å². The molecule has 0 aromatic heterocycles. The molecule has 1 aromatic carbocycles. The van der Waals surface area contributed by atoms with Crippen LogP contribution in [0.4, 0.5) is 0 Å². The summed E-state index contributed by atoms with van der Waals surface area (Å²) in [7, 11) is 2.07. The molecule has 0 aliphatic carbocycles. The first-order valence-electron chi connectivity index (χ1n) is 8.41. The van der Waals surface area contributed by atoms with Crippen LogP contribution in [-0.4, -0.2) is 31.1 Å². The van der Waals surface area contributed by atoms with Crippen molar-refractivity contribution in [1.82, 2.24) is 10.2 Å². The minimum atomic E-state index is 0.451. The predicted molar refractivity (Wildman–Crippen MR) is 94.7 cm³/mol. The first-order valence-corrected chi connectivity index (χ1v) is 9.20. The predicted octanol–water partition coefficient (Wildman–Crippen LogP) is 4.75. The normalized spacial score (nSPS) is 21.4. The number of piperidine rings is 1. The van der Waals surface area contributed by atoms with Crippen LogP contribution < -0.4 is 5.32 Å². The molecule has 2 unspecified atom stereocenters. The average molecular weight is 353 g/mol. The fraction of sp³-hybridized carbons (Fsp3) is 0.667. The Labute approximate surface area is 138 Å². The highest BCUT2D eigenvalue weighted by Crippen LogP contribution is 2.24. The molecule has 21 heavy (non-hydrogen) atoms. The van der Waals surface area contributed by atoms with Crippen LogP contribution in [-0.2, 0) is 0 Å². The third kappa shape index (κ3) is 5.08. The maximum absolute atomic E-state index is 3.58. The number of likely N-dealkylation sites (tertiary alicyclic amines) is 1. The Morgan fingerprint density at radius 3 is 2.95 bits per heavy atom. The lowest BCUT2D eigenvalue weighted by Gasteiger charge is -2.36. The van der Waals surface area contributed by atoms with Gasteiger partial charge >= 0.3 is 0 Å². The maximum atomic E-state index is 3.58. The molecular formula is C18H29BrN2. The summed E-state index contributed by atoms with van der Waals surface area (Å²) in [5, 5.41) is 3.48. The second kappa shape index (κ2) is 8.92. The molecule has 2 atom stereocenters. The first-order chi connectivity index (χ1) is 10.2. The number of hydrogen-bond donors (Lipinski definition) is 1. The Kier molecular flexibility index (Phi) is 7.21. The SMILES string of the molecule is CCCC1CCCCN1CCC(NC)c1cccc(Br)c1. The molecule has 1 aliphatic rings. The molecule has 0 radical (unpaired) electrons. The highest BCUT2D eigenvalue weighted by molar-refractivity contribution is 9.10. The van der Waals surface area contributed by atoms with Crippen LogP contribution in [0.2, 0.25) is 0 Å². The monoisotopic (exact) mass is 352 g/mol. The summed E-state index contributed by atoms with van der Waals surface area (Å²) >= 11 is 3.58. The van der Waals surface area contributed by atoms with Crippen molar-refractivity contribution in [2.45, 2.75) is 57.5 Å². The third-order valence-electron chi connectivity index (χ3n) is 4.68. The molecule has 1 aromatic rings. The largest absolute Gasteiger partial charge is 0.313 e. The van der Waals surface area contributed by atoms with Gasteiger partial charge in [-0.15, -0.1) is 0 Å². The number of hydrogen-bond acceptors (Lipinski definition) is 2. The Balaban J connectivity index is 1.92. The summed E-state index contributed by atoms with van der Waals surface area (Å²) in [5.74, 6) is 0. The van der Waals surface area contributed by atoms with Gasteiger partial charge in [-0.3, -0.25) is 0 Å². The van der Waals surface area contributed by atoms with Crippen LogP contribution in [0.15, 0.2) is 28.7 Å². The zero-order valence-electron chi connectivity index (χ0n) is 13.4. The molecule has 1 aliphatic heterocycles. The van der Waals surface area contributed by atoms with Crippen molar-refractivity contribution in [3.63, 3.8) is 0 Å². The Morgan fingerprint density at radius 2 is 2.24 bits per heavy atom. The molecule has 0 saturated carbocycles. The minimum Gasteiger partial charge on any atom is -0.313 e. The van der Waals surface area contributed by atoms with Crippen molar-refractivity contribution < 1.29 is 0 Å². The lowest BCUT2D eigenvalue weighted by Crippen LogP contribution is -2.41. The van der Waals surface area contributed by atoms with Gasteiger partial charge in [0, 0.05) is 23.1 Å². The van der Waals surface area contributed by atoms with E-state index in [1.54, 1.807) is 0 Å². The summed E-state index contributed by atoms with van der Waals surface area (Å²) in [4.78, 5) is 2.73. The summed E-state index contributed by atoms with van der Waals surface area (Å²) in [6, 6.07) is 9.96. The number of nitrogens with one attached hydrogen (secondary N) is 1. The molecule has 1 N–H and O–H groups in total. The van der Waals surface area contributed by atoms with E-state index in [-0.39, 0.29) is 0 Å². The van der Waals surface area contributed by atoms with Gasteiger partial charge < -0.3 is 10.2 Å². The van der Waals surface area contributed by atoms with E-state index in [1.165, 1.54) is 61.7 Å². The summed E-state index contributed by atoms with van der Waals surface area (Å²) in [6.45, 7) is 4.81. The van der Waals surface area contributed by atoms with Gasteiger partial charge in [-0.2, -0.15) is 0 Å². The summed E-state index contributed by atoms with van der Waals surface area (Å²) < 4.78 is 1.17. The lowest BCUT2D eigenvalue weighted by molar-refractivity contribution is 0.133. The zero-order valence-corrected chi connectivity index (χ0v) is 15.0. The molecule has 2 nitrogen and oxygen atoms in total. The first kappa shape index (κ1) is 17.0. The average Bonchev–Trinajstić information content (AvgIpc) is 2.50. The molecule has 0 amide bonds. The second-order valence-corrected chi connectivity index (χ2v) is 7.07. The standard InChI is InChI=1S/C18H29BrN2/c1-3-7-17-10-4-5-12-21(17)13-11-18(20-2)15-8-6-9-16(19)14-15/h6,8-9,14,17-18,20H,3-5,7,10-13H2,1-2H3. The van der Waals surface area contributed by atoms with E-state index >= 15 is 0 Å². The number of nitrogens with zero attached hydrogens (tertiary/aromatic N) is 1. The van der Waals surface area contributed by atoms with E-state index in [0.29, 0.717) is 6.04 Å². The molecule has 118 valence electrons. The van der Waals surface area contributed by atoms with Crippen molar-refractivity contribution >= 4 is 15.9 Å². The van der Waals surface area contributed by atoms with E-state index in [4.69, 9.17) is 0 Å². The van der Waals surface area contributed by atoms with E-state index in [9.17, 15) is 0 Å². The van der Waals surface area contributed by atoms with Crippen LogP contribution in [0, 0.1) is 0 Å². The highest BCUT2D eigenvalue weighted by atomic mass is 79.9. The number of benzene rings is 1. The maximum Gasteiger partial charge on any atom is 0.0330 e. The topological polar surface area (TPSA) is 15.3 Å². The van der Waals surface area contributed by atoms with Gasteiger partial charge in [0.05, 0.1) is 0 Å². The van der Waals surface area contributed by atoms with E-state index in [1.807, 2.05) is 0 Å². The Bertz CT molecular complexity index is 419. The highest BCUT2D eigenvalue weighted by Gasteiger charge is 2.22. The fourth-order valence-electron chi connectivity index (χ4n) is 3.51. The van der Waals surface area contributed by atoms with Crippen LogP contribution in [0.3, 0.4) is 0 Å². The fourth-order valence-corrected chi connectivity index (χ4v) is 3.93. The molecular weight excluding hydrogens is 324 g/mol. The second-order valence-electron chi connectivity index (χ2n) is 6.16. The molecule has 0 spiro atoms. The minimum absolute atomic E-state index is 0.451. The molecule has 3 heteroatoms. The molecule has 1 fully saturated rings. The van der Waals surface area contributed by atoms with Crippen molar-refractivity contribution in [2.75, 3.05) is 20.1 Å². The van der Waals surface area contributed by atoms with Gasteiger partial charge in [0.15, 0.2) is 0 Å². The smallest absolute Gasteiger partial charge is 0.0330 e. The van der Waals surface area contributed by atoms with E-state index in [2.05, 4.69) is 64.4 Å². The number of halogens is 1.